The fraction of sp³-hybridized carbons (Fsp3) is 0.250. The SMILES string of the molecule is O=[N+]([O-])c1ccc(Br)cc1CNC1CC1c1ccccc1. The van der Waals surface area contributed by atoms with E-state index in [0.29, 0.717) is 24.1 Å². The monoisotopic (exact) mass is 346 g/mol. The summed E-state index contributed by atoms with van der Waals surface area (Å²) in [6.45, 7) is 0.518. The predicted octanol–water partition coefficient (Wildman–Crippen LogP) is 4.00. The van der Waals surface area contributed by atoms with Gasteiger partial charge in [0.05, 0.1) is 4.92 Å². The van der Waals surface area contributed by atoms with Crippen LogP contribution in [0.4, 0.5) is 5.69 Å². The number of halogens is 1. The molecule has 0 bridgehead atoms. The lowest BCUT2D eigenvalue weighted by Crippen LogP contribution is -2.18. The Morgan fingerprint density at radius 2 is 2.00 bits per heavy atom. The van der Waals surface area contributed by atoms with Crippen LogP contribution in [0.3, 0.4) is 0 Å². The Morgan fingerprint density at radius 3 is 2.71 bits per heavy atom. The molecule has 2 atom stereocenters. The van der Waals surface area contributed by atoms with Crippen LogP contribution >= 0.6 is 15.9 Å². The van der Waals surface area contributed by atoms with Crippen molar-refractivity contribution in [1.29, 1.82) is 0 Å². The third-order valence-electron chi connectivity index (χ3n) is 3.81. The van der Waals surface area contributed by atoms with E-state index in [1.807, 2.05) is 24.3 Å². The van der Waals surface area contributed by atoms with Crippen LogP contribution < -0.4 is 5.32 Å². The van der Waals surface area contributed by atoms with Crippen molar-refractivity contribution >= 4 is 21.6 Å². The minimum absolute atomic E-state index is 0.169. The molecule has 0 saturated heterocycles. The Morgan fingerprint density at radius 1 is 1.24 bits per heavy atom. The van der Waals surface area contributed by atoms with E-state index in [1.54, 1.807) is 12.1 Å². The van der Waals surface area contributed by atoms with E-state index in [0.717, 1.165) is 10.9 Å². The smallest absolute Gasteiger partial charge is 0.273 e. The number of nitrogens with one attached hydrogen (secondary N) is 1. The number of nitro benzene ring substituents is 1. The number of benzene rings is 2. The summed E-state index contributed by atoms with van der Waals surface area (Å²) in [4.78, 5) is 10.7. The summed E-state index contributed by atoms with van der Waals surface area (Å²) in [5.74, 6) is 0.525. The number of rotatable bonds is 5. The summed E-state index contributed by atoms with van der Waals surface area (Å²) < 4.78 is 0.861. The number of hydrogen-bond acceptors (Lipinski definition) is 3. The highest BCUT2D eigenvalue weighted by molar-refractivity contribution is 9.10. The van der Waals surface area contributed by atoms with Crippen LogP contribution in [0.5, 0.6) is 0 Å². The van der Waals surface area contributed by atoms with E-state index in [1.165, 1.54) is 5.56 Å². The third-order valence-corrected chi connectivity index (χ3v) is 4.30. The van der Waals surface area contributed by atoms with Crippen LogP contribution in [0.1, 0.15) is 23.5 Å². The molecular weight excluding hydrogens is 332 g/mol. The van der Waals surface area contributed by atoms with Crippen LogP contribution in [-0.4, -0.2) is 11.0 Å². The molecule has 108 valence electrons. The van der Waals surface area contributed by atoms with Gasteiger partial charge in [0.25, 0.3) is 5.69 Å². The first-order valence-electron chi connectivity index (χ1n) is 6.86. The summed E-state index contributed by atoms with van der Waals surface area (Å²) in [7, 11) is 0. The third kappa shape index (κ3) is 3.31. The van der Waals surface area contributed by atoms with Gasteiger partial charge >= 0.3 is 0 Å². The van der Waals surface area contributed by atoms with Gasteiger partial charge in [-0.05, 0) is 24.1 Å². The Balaban J connectivity index is 1.64. The summed E-state index contributed by atoms with van der Waals surface area (Å²) in [6, 6.07) is 15.8. The van der Waals surface area contributed by atoms with Crippen molar-refractivity contribution in [2.24, 2.45) is 0 Å². The van der Waals surface area contributed by atoms with Gasteiger partial charge in [0, 0.05) is 34.6 Å². The summed E-state index contributed by atoms with van der Waals surface area (Å²) in [5.41, 5.74) is 2.22. The van der Waals surface area contributed by atoms with E-state index in [4.69, 9.17) is 0 Å². The van der Waals surface area contributed by atoms with Gasteiger partial charge in [-0.25, -0.2) is 0 Å². The molecule has 4 nitrogen and oxygen atoms in total. The van der Waals surface area contributed by atoms with E-state index in [2.05, 4.69) is 33.4 Å². The maximum absolute atomic E-state index is 11.0. The molecule has 5 heteroatoms. The zero-order valence-corrected chi connectivity index (χ0v) is 12.9. The van der Waals surface area contributed by atoms with E-state index in [9.17, 15) is 10.1 Å². The van der Waals surface area contributed by atoms with E-state index < -0.39 is 0 Å². The number of nitrogens with zero attached hydrogens (tertiary/aromatic N) is 1. The van der Waals surface area contributed by atoms with Crippen molar-refractivity contribution in [3.63, 3.8) is 0 Å². The molecule has 3 rings (SSSR count). The molecular formula is C16H15BrN2O2. The molecule has 0 aromatic heterocycles. The van der Waals surface area contributed by atoms with Gasteiger partial charge in [-0.1, -0.05) is 46.3 Å². The van der Waals surface area contributed by atoms with Gasteiger partial charge in [-0.2, -0.15) is 0 Å². The average Bonchev–Trinajstić information content (AvgIpc) is 3.25. The van der Waals surface area contributed by atoms with E-state index >= 15 is 0 Å². The Labute approximate surface area is 131 Å². The lowest BCUT2D eigenvalue weighted by molar-refractivity contribution is -0.385. The molecule has 2 unspecified atom stereocenters. The second-order valence-electron chi connectivity index (χ2n) is 5.27. The first-order chi connectivity index (χ1) is 10.1. The second-order valence-corrected chi connectivity index (χ2v) is 6.19. The van der Waals surface area contributed by atoms with Crippen LogP contribution in [0.25, 0.3) is 0 Å². The van der Waals surface area contributed by atoms with Crippen LogP contribution in [-0.2, 0) is 6.54 Å². The van der Waals surface area contributed by atoms with Crippen molar-refractivity contribution in [3.05, 3.63) is 74.2 Å². The van der Waals surface area contributed by atoms with Crippen molar-refractivity contribution in [2.45, 2.75) is 24.9 Å². The maximum Gasteiger partial charge on any atom is 0.273 e. The van der Waals surface area contributed by atoms with Gasteiger partial charge in [0.2, 0.25) is 0 Å². The number of nitro groups is 1. The Hall–Kier alpha value is -1.72. The van der Waals surface area contributed by atoms with Crippen molar-refractivity contribution in [3.8, 4) is 0 Å². The Bertz CT molecular complexity index is 661. The zero-order chi connectivity index (χ0) is 14.8. The van der Waals surface area contributed by atoms with E-state index in [-0.39, 0.29) is 10.6 Å². The molecule has 1 aliphatic carbocycles. The molecule has 0 aliphatic heterocycles. The quantitative estimate of drug-likeness (QED) is 0.657. The molecule has 2 aromatic rings. The van der Waals surface area contributed by atoms with Gasteiger partial charge in [0.15, 0.2) is 0 Å². The molecule has 2 aromatic carbocycles. The van der Waals surface area contributed by atoms with Gasteiger partial charge in [0.1, 0.15) is 0 Å². The van der Waals surface area contributed by atoms with Gasteiger partial charge in [-0.15, -0.1) is 0 Å². The summed E-state index contributed by atoms with van der Waals surface area (Å²) >= 11 is 3.37. The highest BCUT2D eigenvalue weighted by atomic mass is 79.9. The Kier molecular flexibility index (Phi) is 4.03. The predicted molar refractivity (Wildman–Crippen MR) is 85.2 cm³/mol. The first kappa shape index (κ1) is 14.2. The van der Waals surface area contributed by atoms with Crippen LogP contribution in [0.2, 0.25) is 0 Å². The molecule has 0 amide bonds. The molecule has 0 radical (unpaired) electrons. The first-order valence-corrected chi connectivity index (χ1v) is 7.65. The average molecular weight is 347 g/mol. The van der Waals surface area contributed by atoms with Gasteiger partial charge in [-0.3, -0.25) is 10.1 Å². The minimum atomic E-state index is -0.328. The maximum atomic E-state index is 11.0. The fourth-order valence-electron chi connectivity index (χ4n) is 2.60. The van der Waals surface area contributed by atoms with Gasteiger partial charge < -0.3 is 5.32 Å². The number of hydrogen-bond donors (Lipinski definition) is 1. The largest absolute Gasteiger partial charge is 0.309 e. The lowest BCUT2D eigenvalue weighted by atomic mass is 10.1. The molecule has 1 fully saturated rings. The molecule has 1 N–H and O–H groups in total. The second kappa shape index (κ2) is 5.95. The molecule has 0 spiro atoms. The minimum Gasteiger partial charge on any atom is -0.309 e. The molecule has 1 saturated carbocycles. The highest BCUT2D eigenvalue weighted by Gasteiger charge is 2.37. The molecule has 21 heavy (non-hydrogen) atoms. The molecule has 1 aliphatic rings. The topological polar surface area (TPSA) is 55.2 Å². The van der Waals surface area contributed by atoms with Crippen molar-refractivity contribution in [2.75, 3.05) is 0 Å². The summed E-state index contributed by atoms with van der Waals surface area (Å²) in [6.07, 6.45) is 1.09. The van der Waals surface area contributed by atoms with Crippen molar-refractivity contribution in [1.82, 2.24) is 5.32 Å². The normalized spacial score (nSPS) is 20.2. The highest BCUT2D eigenvalue weighted by Crippen LogP contribution is 2.41. The fourth-order valence-corrected chi connectivity index (χ4v) is 3.01. The van der Waals surface area contributed by atoms with Crippen LogP contribution in [0, 0.1) is 10.1 Å². The molecule has 0 heterocycles. The lowest BCUT2D eigenvalue weighted by Gasteiger charge is -2.06. The summed E-state index contributed by atoms with van der Waals surface area (Å²) in [5, 5.41) is 14.5. The van der Waals surface area contributed by atoms with Crippen molar-refractivity contribution < 1.29 is 4.92 Å². The van der Waals surface area contributed by atoms with Crippen LogP contribution in [0.15, 0.2) is 53.0 Å². The standard InChI is InChI=1S/C16H15BrN2O2/c17-13-6-7-16(19(20)21)12(8-13)10-18-15-9-14(15)11-4-2-1-3-5-11/h1-8,14-15,18H,9-10H2. The zero-order valence-electron chi connectivity index (χ0n) is 11.3.